The Morgan fingerprint density at radius 2 is 2.11 bits per heavy atom. The second-order valence-electron chi connectivity index (χ2n) is 6.87. The molecular weight excluding hydrogens is 358 g/mol. The third-order valence-electron chi connectivity index (χ3n) is 4.87. The summed E-state index contributed by atoms with van der Waals surface area (Å²) in [7, 11) is 0. The molecule has 1 atom stereocenters. The summed E-state index contributed by atoms with van der Waals surface area (Å²) in [6.07, 6.45) is 3.54. The Hall–Kier alpha value is -3.13. The average molecular weight is 381 g/mol. The number of aromatic nitrogens is 3. The maximum Gasteiger partial charge on any atom is 0.351 e. The van der Waals surface area contributed by atoms with Crippen LogP contribution in [0.1, 0.15) is 30.3 Å². The van der Waals surface area contributed by atoms with Gasteiger partial charge in [-0.2, -0.15) is 5.10 Å². The number of nitrogens with zero attached hydrogens (tertiary/aromatic N) is 3. The molecule has 0 bridgehead atoms. The van der Waals surface area contributed by atoms with Crippen LogP contribution in [0.15, 0.2) is 57.9 Å². The van der Waals surface area contributed by atoms with Crippen molar-refractivity contribution in [2.75, 3.05) is 13.1 Å². The van der Waals surface area contributed by atoms with Crippen LogP contribution in [0.2, 0.25) is 0 Å². The lowest BCUT2D eigenvalue weighted by Crippen LogP contribution is -2.33. The van der Waals surface area contributed by atoms with E-state index in [0.29, 0.717) is 11.6 Å². The van der Waals surface area contributed by atoms with Gasteiger partial charge < -0.3 is 15.1 Å². The molecule has 8 nitrogen and oxygen atoms in total. The summed E-state index contributed by atoms with van der Waals surface area (Å²) in [5.41, 5.74) is 0.454. The predicted octanol–water partition coefficient (Wildman–Crippen LogP) is 1.41. The Kier molecular flexibility index (Phi) is 5.38. The summed E-state index contributed by atoms with van der Waals surface area (Å²) >= 11 is 0. The highest BCUT2D eigenvalue weighted by molar-refractivity contribution is 5.75. The molecule has 2 aromatic heterocycles. The van der Waals surface area contributed by atoms with E-state index >= 15 is 0 Å². The van der Waals surface area contributed by atoms with Crippen molar-refractivity contribution in [3.63, 3.8) is 0 Å². The Morgan fingerprint density at radius 1 is 1.25 bits per heavy atom. The monoisotopic (exact) mass is 381 g/mol. The zero-order valence-corrected chi connectivity index (χ0v) is 15.5. The molecule has 146 valence electrons. The molecule has 1 unspecified atom stereocenters. The van der Waals surface area contributed by atoms with Crippen LogP contribution in [-0.2, 0) is 17.9 Å². The Morgan fingerprint density at radius 3 is 2.82 bits per heavy atom. The van der Waals surface area contributed by atoms with Gasteiger partial charge in [-0.05, 0) is 43.7 Å². The summed E-state index contributed by atoms with van der Waals surface area (Å²) < 4.78 is 8.08. The van der Waals surface area contributed by atoms with Crippen molar-refractivity contribution in [3.05, 3.63) is 70.8 Å². The first kappa shape index (κ1) is 18.2. The number of nitrogens with one attached hydrogen (secondary N) is 2. The maximum absolute atomic E-state index is 13.0. The van der Waals surface area contributed by atoms with E-state index in [0.717, 1.165) is 31.6 Å². The molecule has 2 N–H and O–H groups in total. The summed E-state index contributed by atoms with van der Waals surface area (Å²) in [5, 5.41) is 10.7. The molecular formula is C20H23N5O3. The quantitative estimate of drug-likeness (QED) is 0.673. The van der Waals surface area contributed by atoms with Gasteiger partial charge in [0.05, 0.1) is 18.5 Å². The predicted molar refractivity (Wildman–Crippen MR) is 103 cm³/mol. The van der Waals surface area contributed by atoms with Crippen molar-refractivity contribution in [1.82, 2.24) is 25.0 Å². The minimum absolute atomic E-state index is 0.132. The number of para-hydroxylation sites is 1. The molecule has 4 rings (SSSR count). The van der Waals surface area contributed by atoms with Crippen LogP contribution >= 0.6 is 0 Å². The minimum Gasteiger partial charge on any atom is -0.467 e. The van der Waals surface area contributed by atoms with E-state index in [1.54, 1.807) is 23.0 Å². The summed E-state index contributed by atoms with van der Waals surface area (Å²) in [4.78, 5) is 25.4. The zero-order valence-electron chi connectivity index (χ0n) is 15.5. The maximum atomic E-state index is 13.0. The number of furan rings is 1. The fourth-order valence-electron chi connectivity index (χ4n) is 3.47. The van der Waals surface area contributed by atoms with Crippen molar-refractivity contribution < 1.29 is 9.21 Å². The largest absolute Gasteiger partial charge is 0.467 e. The molecule has 1 amide bonds. The highest BCUT2D eigenvalue weighted by Crippen LogP contribution is 2.22. The smallest absolute Gasteiger partial charge is 0.351 e. The third kappa shape index (κ3) is 3.91. The first-order valence-electron chi connectivity index (χ1n) is 9.47. The molecule has 1 fully saturated rings. The van der Waals surface area contributed by atoms with Gasteiger partial charge in [-0.15, -0.1) is 0 Å². The van der Waals surface area contributed by atoms with Crippen LogP contribution in [0, 0.1) is 0 Å². The van der Waals surface area contributed by atoms with E-state index in [9.17, 15) is 9.59 Å². The first-order chi connectivity index (χ1) is 13.7. The fourth-order valence-corrected chi connectivity index (χ4v) is 3.47. The topological polar surface area (TPSA) is 94.1 Å². The van der Waals surface area contributed by atoms with Gasteiger partial charge >= 0.3 is 5.69 Å². The van der Waals surface area contributed by atoms with Gasteiger partial charge in [-0.25, -0.2) is 14.0 Å². The summed E-state index contributed by atoms with van der Waals surface area (Å²) in [5.74, 6) is 1.20. The van der Waals surface area contributed by atoms with E-state index in [1.165, 1.54) is 4.68 Å². The molecule has 1 aliphatic rings. The standard InChI is InChI=1S/C20H23N5O3/c26-18(22-13-17-9-5-11-28-17)14-24-20(27)25(16-7-2-1-3-8-16)19(23-24)15-6-4-10-21-12-15/h1-3,5,7-9,11,15,21H,4,6,10,12-14H2,(H,22,26). The number of carbonyl (C=O) groups is 1. The lowest BCUT2D eigenvalue weighted by molar-refractivity contribution is -0.122. The number of carbonyl (C=O) groups excluding carboxylic acids is 1. The van der Waals surface area contributed by atoms with Crippen LogP contribution in [-0.4, -0.2) is 33.3 Å². The van der Waals surface area contributed by atoms with E-state index < -0.39 is 0 Å². The van der Waals surface area contributed by atoms with Crippen LogP contribution in [0.4, 0.5) is 0 Å². The number of hydrogen-bond donors (Lipinski definition) is 2. The summed E-state index contributed by atoms with van der Waals surface area (Å²) in [6, 6.07) is 13.0. The molecule has 28 heavy (non-hydrogen) atoms. The highest BCUT2D eigenvalue weighted by atomic mass is 16.3. The van der Waals surface area contributed by atoms with Crippen molar-refractivity contribution in [1.29, 1.82) is 0 Å². The normalized spacial score (nSPS) is 16.8. The number of amides is 1. The lowest BCUT2D eigenvalue weighted by atomic mass is 9.99. The van der Waals surface area contributed by atoms with E-state index in [1.807, 2.05) is 30.3 Å². The van der Waals surface area contributed by atoms with E-state index in [-0.39, 0.29) is 30.6 Å². The molecule has 0 saturated carbocycles. The third-order valence-corrected chi connectivity index (χ3v) is 4.87. The van der Waals surface area contributed by atoms with Gasteiger partial charge in [0.2, 0.25) is 5.91 Å². The molecule has 0 spiro atoms. The van der Waals surface area contributed by atoms with Gasteiger partial charge in [-0.1, -0.05) is 18.2 Å². The van der Waals surface area contributed by atoms with Crippen molar-refractivity contribution in [3.8, 4) is 5.69 Å². The number of piperidine rings is 1. The Labute approximate surface area is 162 Å². The van der Waals surface area contributed by atoms with Crippen molar-refractivity contribution in [2.24, 2.45) is 0 Å². The molecule has 1 saturated heterocycles. The molecule has 1 aliphatic heterocycles. The zero-order chi connectivity index (χ0) is 19.3. The Bertz CT molecular complexity index is 969. The van der Waals surface area contributed by atoms with Gasteiger partial charge in [0.15, 0.2) is 0 Å². The number of rotatable bonds is 6. The van der Waals surface area contributed by atoms with E-state index in [4.69, 9.17) is 4.42 Å². The van der Waals surface area contributed by atoms with Gasteiger partial charge in [0, 0.05) is 12.5 Å². The molecule has 3 heterocycles. The van der Waals surface area contributed by atoms with Gasteiger partial charge in [-0.3, -0.25) is 4.79 Å². The van der Waals surface area contributed by atoms with Crippen LogP contribution in [0.3, 0.4) is 0 Å². The van der Waals surface area contributed by atoms with Crippen LogP contribution in [0.25, 0.3) is 5.69 Å². The van der Waals surface area contributed by atoms with Crippen LogP contribution in [0.5, 0.6) is 0 Å². The average Bonchev–Trinajstić information content (AvgIpc) is 3.36. The van der Waals surface area contributed by atoms with E-state index in [2.05, 4.69) is 15.7 Å². The van der Waals surface area contributed by atoms with Crippen molar-refractivity contribution >= 4 is 5.91 Å². The molecule has 8 heteroatoms. The van der Waals surface area contributed by atoms with Crippen molar-refractivity contribution in [2.45, 2.75) is 31.8 Å². The second kappa shape index (κ2) is 8.26. The van der Waals surface area contributed by atoms with Gasteiger partial charge in [0.25, 0.3) is 0 Å². The molecule has 0 aliphatic carbocycles. The number of hydrogen-bond acceptors (Lipinski definition) is 5. The second-order valence-corrected chi connectivity index (χ2v) is 6.87. The fraction of sp³-hybridized carbons (Fsp3) is 0.350. The first-order valence-corrected chi connectivity index (χ1v) is 9.47. The highest BCUT2D eigenvalue weighted by Gasteiger charge is 2.25. The summed E-state index contributed by atoms with van der Waals surface area (Å²) in [6.45, 7) is 1.89. The minimum atomic E-state index is -0.306. The molecule has 1 aromatic carbocycles. The lowest BCUT2D eigenvalue weighted by Gasteiger charge is -2.22. The SMILES string of the molecule is O=C(Cn1nc(C2CCCNC2)n(-c2ccccc2)c1=O)NCc1ccco1. The van der Waals surface area contributed by atoms with Crippen LogP contribution < -0.4 is 16.3 Å². The molecule has 3 aromatic rings. The van der Waals surface area contributed by atoms with Gasteiger partial charge in [0.1, 0.15) is 18.1 Å². The Balaban J connectivity index is 1.59. The molecule has 0 radical (unpaired) electrons. The number of benzene rings is 1.